The molecule has 3 aromatic rings. The number of hydrogen-bond acceptors (Lipinski definition) is 4. The summed E-state index contributed by atoms with van der Waals surface area (Å²) < 4.78 is 38.2. The standard InChI is InChI=1S/C16H14F3N5/c1-10-13(9-22-24-10)14-5-6-20-15(23-14)21-8-11-3-2-4-12(7-11)16(17,18)19/h2-7,9H,8H2,1H3,(H,22,24)(H,20,21,23). The third-order valence-electron chi connectivity index (χ3n) is 3.47. The number of hydrogen-bond donors (Lipinski definition) is 2. The summed E-state index contributed by atoms with van der Waals surface area (Å²) in [6.07, 6.45) is -1.11. The van der Waals surface area contributed by atoms with Crippen LogP contribution in [0.2, 0.25) is 0 Å². The molecular formula is C16H14F3N5. The van der Waals surface area contributed by atoms with E-state index in [1.165, 1.54) is 6.07 Å². The Labute approximate surface area is 136 Å². The van der Waals surface area contributed by atoms with Crippen molar-refractivity contribution in [3.05, 3.63) is 59.5 Å². The smallest absolute Gasteiger partial charge is 0.350 e. The van der Waals surface area contributed by atoms with Crippen LogP contribution in [0.1, 0.15) is 16.8 Å². The van der Waals surface area contributed by atoms with Crippen molar-refractivity contribution in [2.24, 2.45) is 0 Å². The Morgan fingerprint density at radius 2 is 2.04 bits per heavy atom. The van der Waals surface area contributed by atoms with E-state index >= 15 is 0 Å². The van der Waals surface area contributed by atoms with Gasteiger partial charge in [0.15, 0.2) is 0 Å². The van der Waals surface area contributed by atoms with Gasteiger partial charge in [0, 0.05) is 24.0 Å². The first-order chi connectivity index (χ1) is 11.4. The summed E-state index contributed by atoms with van der Waals surface area (Å²) in [6, 6.07) is 6.89. The lowest BCUT2D eigenvalue weighted by atomic mass is 10.1. The molecule has 0 saturated heterocycles. The molecule has 0 atom stereocenters. The first-order valence-electron chi connectivity index (χ1n) is 7.17. The van der Waals surface area contributed by atoms with Crippen LogP contribution in [0.15, 0.2) is 42.7 Å². The van der Waals surface area contributed by atoms with Crippen LogP contribution in [0.25, 0.3) is 11.3 Å². The average Bonchev–Trinajstić information content (AvgIpc) is 2.99. The molecule has 124 valence electrons. The Kier molecular flexibility index (Phi) is 4.20. The topological polar surface area (TPSA) is 66.5 Å². The maximum Gasteiger partial charge on any atom is 0.416 e. The maximum atomic E-state index is 12.7. The molecule has 0 radical (unpaired) electrons. The van der Waals surface area contributed by atoms with Gasteiger partial charge >= 0.3 is 6.18 Å². The van der Waals surface area contributed by atoms with E-state index in [1.54, 1.807) is 24.5 Å². The molecule has 24 heavy (non-hydrogen) atoms. The lowest BCUT2D eigenvalue weighted by molar-refractivity contribution is -0.137. The van der Waals surface area contributed by atoms with Crippen LogP contribution < -0.4 is 5.32 Å². The third kappa shape index (κ3) is 3.53. The molecule has 0 aliphatic carbocycles. The lowest BCUT2D eigenvalue weighted by Gasteiger charge is -2.10. The van der Waals surface area contributed by atoms with E-state index in [4.69, 9.17) is 0 Å². The quantitative estimate of drug-likeness (QED) is 0.762. The minimum Gasteiger partial charge on any atom is -0.350 e. The third-order valence-corrected chi connectivity index (χ3v) is 3.47. The predicted molar refractivity (Wildman–Crippen MR) is 83.1 cm³/mol. The van der Waals surface area contributed by atoms with Gasteiger partial charge in [0.1, 0.15) is 0 Å². The van der Waals surface area contributed by atoms with Gasteiger partial charge in [0.25, 0.3) is 0 Å². The second-order valence-corrected chi connectivity index (χ2v) is 5.23. The molecule has 2 aromatic heterocycles. The number of halogens is 3. The SMILES string of the molecule is Cc1[nH]ncc1-c1ccnc(NCc2cccc(C(F)(F)F)c2)n1. The number of aromatic nitrogens is 4. The molecule has 0 aliphatic heterocycles. The molecule has 0 unspecified atom stereocenters. The molecule has 0 aliphatic rings. The van der Waals surface area contributed by atoms with Crippen molar-refractivity contribution >= 4 is 5.95 Å². The summed E-state index contributed by atoms with van der Waals surface area (Å²) in [6.45, 7) is 2.07. The van der Waals surface area contributed by atoms with E-state index < -0.39 is 11.7 Å². The van der Waals surface area contributed by atoms with Crippen LogP contribution in [-0.4, -0.2) is 20.2 Å². The van der Waals surface area contributed by atoms with Gasteiger partial charge in [-0.25, -0.2) is 9.97 Å². The van der Waals surface area contributed by atoms with Gasteiger partial charge in [0.2, 0.25) is 5.95 Å². The number of aromatic amines is 1. The van der Waals surface area contributed by atoms with Crippen LogP contribution in [0.3, 0.4) is 0 Å². The zero-order valence-electron chi connectivity index (χ0n) is 12.7. The van der Waals surface area contributed by atoms with Gasteiger partial charge in [-0.1, -0.05) is 12.1 Å². The Morgan fingerprint density at radius 3 is 2.75 bits per heavy atom. The van der Waals surface area contributed by atoms with Crippen molar-refractivity contribution in [2.75, 3.05) is 5.32 Å². The zero-order chi connectivity index (χ0) is 17.2. The minimum atomic E-state index is -4.36. The molecule has 0 saturated carbocycles. The highest BCUT2D eigenvalue weighted by Crippen LogP contribution is 2.29. The first-order valence-corrected chi connectivity index (χ1v) is 7.17. The number of rotatable bonds is 4. The number of benzene rings is 1. The summed E-state index contributed by atoms with van der Waals surface area (Å²) in [5, 5.41) is 9.71. The Bertz CT molecular complexity index is 841. The summed E-state index contributed by atoms with van der Waals surface area (Å²) in [7, 11) is 0. The number of H-pyrrole nitrogens is 1. The van der Waals surface area contributed by atoms with Crippen LogP contribution in [0, 0.1) is 6.92 Å². The van der Waals surface area contributed by atoms with Crippen molar-refractivity contribution in [1.82, 2.24) is 20.2 Å². The summed E-state index contributed by atoms with van der Waals surface area (Å²) in [5.41, 5.74) is 2.23. The summed E-state index contributed by atoms with van der Waals surface area (Å²) in [4.78, 5) is 8.45. The number of aryl methyl sites for hydroxylation is 1. The van der Waals surface area contributed by atoms with E-state index in [0.29, 0.717) is 17.2 Å². The van der Waals surface area contributed by atoms with Crippen molar-refractivity contribution in [3.8, 4) is 11.3 Å². The fraction of sp³-hybridized carbons (Fsp3) is 0.188. The van der Waals surface area contributed by atoms with Gasteiger partial charge in [-0.05, 0) is 30.7 Å². The first kappa shape index (κ1) is 16.0. The second-order valence-electron chi connectivity index (χ2n) is 5.23. The van der Waals surface area contributed by atoms with Crippen LogP contribution >= 0.6 is 0 Å². The molecule has 0 spiro atoms. The van der Waals surface area contributed by atoms with E-state index in [9.17, 15) is 13.2 Å². The number of alkyl halides is 3. The highest BCUT2D eigenvalue weighted by molar-refractivity contribution is 5.61. The zero-order valence-corrected chi connectivity index (χ0v) is 12.7. The maximum absolute atomic E-state index is 12.7. The number of nitrogens with one attached hydrogen (secondary N) is 2. The average molecular weight is 333 g/mol. The highest BCUT2D eigenvalue weighted by Gasteiger charge is 2.30. The Balaban J connectivity index is 1.75. The van der Waals surface area contributed by atoms with Crippen LogP contribution in [0.5, 0.6) is 0 Å². The molecule has 5 nitrogen and oxygen atoms in total. The van der Waals surface area contributed by atoms with Crippen molar-refractivity contribution in [3.63, 3.8) is 0 Å². The van der Waals surface area contributed by atoms with Gasteiger partial charge in [0.05, 0.1) is 17.5 Å². The Morgan fingerprint density at radius 1 is 1.21 bits per heavy atom. The molecule has 0 amide bonds. The Hall–Kier alpha value is -2.90. The largest absolute Gasteiger partial charge is 0.416 e. The van der Waals surface area contributed by atoms with E-state index in [2.05, 4.69) is 25.5 Å². The number of nitrogens with zero attached hydrogens (tertiary/aromatic N) is 3. The second kappa shape index (κ2) is 6.31. The molecule has 2 N–H and O–H groups in total. The van der Waals surface area contributed by atoms with E-state index in [-0.39, 0.29) is 6.54 Å². The van der Waals surface area contributed by atoms with Crippen molar-refractivity contribution in [2.45, 2.75) is 19.6 Å². The molecule has 2 heterocycles. The van der Waals surface area contributed by atoms with E-state index in [1.807, 2.05) is 6.92 Å². The molecule has 0 fully saturated rings. The molecule has 0 bridgehead atoms. The molecule has 8 heteroatoms. The van der Waals surface area contributed by atoms with Gasteiger partial charge in [-0.15, -0.1) is 0 Å². The van der Waals surface area contributed by atoms with Gasteiger partial charge < -0.3 is 5.32 Å². The van der Waals surface area contributed by atoms with E-state index in [0.717, 1.165) is 23.4 Å². The lowest BCUT2D eigenvalue weighted by Crippen LogP contribution is -2.08. The molecular weight excluding hydrogens is 319 g/mol. The summed E-state index contributed by atoms with van der Waals surface area (Å²) >= 11 is 0. The number of anilines is 1. The van der Waals surface area contributed by atoms with Gasteiger partial charge in [-0.2, -0.15) is 18.3 Å². The molecule has 1 aromatic carbocycles. The summed E-state index contributed by atoms with van der Waals surface area (Å²) in [5.74, 6) is 0.338. The minimum absolute atomic E-state index is 0.192. The monoisotopic (exact) mass is 333 g/mol. The normalized spacial score (nSPS) is 11.5. The van der Waals surface area contributed by atoms with Gasteiger partial charge in [-0.3, -0.25) is 5.10 Å². The predicted octanol–water partition coefficient (Wildman–Crippen LogP) is 3.81. The van der Waals surface area contributed by atoms with Crippen molar-refractivity contribution in [1.29, 1.82) is 0 Å². The fourth-order valence-electron chi connectivity index (χ4n) is 2.24. The fourth-order valence-corrected chi connectivity index (χ4v) is 2.24. The van der Waals surface area contributed by atoms with Crippen molar-refractivity contribution < 1.29 is 13.2 Å². The van der Waals surface area contributed by atoms with Crippen LogP contribution in [0.4, 0.5) is 19.1 Å². The molecule has 3 rings (SSSR count). The van der Waals surface area contributed by atoms with Crippen LogP contribution in [-0.2, 0) is 12.7 Å². The highest BCUT2D eigenvalue weighted by atomic mass is 19.4.